The maximum atomic E-state index is 11.2. The fourth-order valence-corrected chi connectivity index (χ4v) is 1.24. The van der Waals surface area contributed by atoms with Crippen molar-refractivity contribution in [3.63, 3.8) is 0 Å². The standard InChI is InChI=1S/C9H4N2O4.ClH/c12-7-5-2-1-4(9(14)15)3-6(5)8(13)11-10-7;/h1-3H,(H,14,15);1H. The summed E-state index contributed by atoms with van der Waals surface area (Å²) in [5, 5.41) is 14.9. The highest BCUT2D eigenvalue weighted by Gasteiger charge is 2.23. The number of benzene rings is 1. The lowest BCUT2D eigenvalue weighted by Crippen LogP contribution is -2.12. The van der Waals surface area contributed by atoms with E-state index in [1.165, 1.54) is 12.1 Å². The van der Waals surface area contributed by atoms with Gasteiger partial charge in [0.1, 0.15) is 0 Å². The number of aromatic carboxylic acids is 1. The van der Waals surface area contributed by atoms with Gasteiger partial charge in [-0.15, -0.1) is 22.6 Å². The number of carboxylic acids is 1. The molecule has 1 aliphatic rings. The monoisotopic (exact) mass is 240 g/mol. The van der Waals surface area contributed by atoms with Crippen LogP contribution in [-0.4, -0.2) is 22.9 Å². The van der Waals surface area contributed by atoms with E-state index in [4.69, 9.17) is 5.11 Å². The largest absolute Gasteiger partial charge is 0.478 e. The predicted octanol–water partition coefficient (Wildman–Crippen LogP) is 1.55. The zero-order valence-corrected chi connectivity index (χ0v) is 8.52. The summed E-state index contributed by atoms with van der Waals surface area (Å²) in [6, 6.07) is 3.63. The maximum Gasteiger partial charge on any atom is 0.335 e. The Balaban J connectivity index is 0.00000128. The number of halogens is 1. The molecule has 0 atom stereocenters. The van der Waals surface area contributed by atoms with Crippen LogP contribution in [0.1, 0.15) is 31.1 Å². The lowest BCUT2D eigenvalue weighted by atomic mass is 10.0. The molecule has 0 unspecified atom stereocenters. The van der Waals surface area contributed by atoms with E-state index >= 15 is 0 Å². The van der Waals surface area contributed by atoms with Gasteiger partial charge in [-0.25, -0.2) is 4.79 Å². The van der Waals surface area contributed by atoms with Crippen molar-refractivity contribution in [3.8, 4) is 0 Å². The predicted molar refractivity (Wildman–Crippen MR) is 54.2 cm³/mol. The van der Waals surface area contributed by atoms with E-state index in [-0.39, 0.29) is 29.1 Å². The average Bonchev–Trinajstić information content (AvgIpc) is 2.23. The Labute approximate surface area is 95.4 Å². The zero-order valence-electron chi connectivity index (χ0n) is 7.71. The average molecular weight is 241 g/mol. The molecule has 1 N–H and O–H groups in total. The maximum absolute atomic E-state index is 11.2. The number of azo groups is 1. The Morgan fingerprint density at radius 2 is 1.62 bits per heavy atom. The van der Waals surface area contributed by atoms with Gasteiger partial charge in [-0.05, 0) is 18.2 Å². The van der Waals surface area contributed by atoms with E-state index in [2.05, 4.69) is 10.2 Å². The topological polar surface area (TPSA) is 96.2 Å². The molecule has 1 heterocycles. The fourth-order valence-electron chi connectivity index (χ4n) is 1.24. The summed E-state index contributed by atoms with van der Waals surface area (Å²) in [6.07, 6.45) is 0. The van der Waals surface area contributed by atoms with E-state index in [1.54, 1.807) is 0 Å². The molecule has 1 aliphatic heterocycles. The molecule has 6 nitrogen and oxygen atoms in total. The molecular formula is C9H5ClN2O4. The molecule has 0 bridgehead atoms. The van der Waals surface area contributed by atoms with Crippen molar-refractivity contribution in [2.45, 2.75) is 0 Å². The highest BCUT2D eigenvalue weighted by atomic mass is 35.5. The second-order valence-electron chi connectivity index (χ2n) is 2.88. The highest BCUT2D eigenvalue weighted by molar-refractivity contribution is 6.11. The van der Waals surface area contributed by atoms with Gasteiger partial charge in [-0.2, -0.15) is 0 Å². The third-order valence-corrected chi connectivity index (χ3v) is 1.96. The molecule has 82 valence electrons. The Morgan fingerprint density at radius 3 is 2.19 bits per heavy atom. The molecule has 0 saturated carbocycles. The normalized spacial score (nSPS) is 13.0. The van der Waals surface area contributed by atoms with E-state index < -0.39 is 17.8 Å². The minimum absolute atomic E-state index is 0. The molecule has 0 fully saturated rings. The Morgan fingerprint density at radius 1 is 1.06 bits per heavy atom. The number of carbonyl (C=O) groups is 3. The third kappa shape index (κ3) is 1.82. The molecule has 1 aromatic rings. The number of nitrogens with zero attached hydrogens (tertiary/aromatic N) is 2. The first-order valence-corrected chi connectivity index (χ1v) is 3.97. The van der Waals surface area contributed by atoms with E-state index in [0.717, 1.165) is 6.07 Å². The zero-order chi connectivity index (χ0) is 11.0. The summed E-state index contributed by atoms with van der Waals surface area (Å²) in [6.45, 7) is 0. The summed E-state index contributed by atoms with van der Waals surface area (Å²) in [7, 11) is 0. The van der Waals surface area contributed by atoms with Gasteiger partial charge in [0.05, 0.1) is 16.7 Å². The third-order valence-electron chi connectivity index (χ3n) is 1.96. The van der Waals surface area contributed by atoms with E-state index in [1.807, 2.05) is 0 Å². The minimum Gasteiger partial charge on any atom is -0.478 e. The fraction of sp³-hybridized carbons (Fsp3) is 0. The molecule has 0 aromatic heterocycles. The molecule has 0 spiro atoms. The van der Waals surface area contributed by atoms with Crippen LogP contribution < -0.4 is 0 Å². The first kappa shape index (κ1) is 12.0. The molecule has 0 saturated heterocycles. The number of hydrogen-bond donors (Lipinski definition) is 1. The SMILES string of the molecule is Cl.O=C(O)c1ccc2c(c1)C(=O)N=NC2=O. The van der Waals surface area contributed by atoms with Crippen molar-refractivity contribution in [1.29, 1.82) is 0 Å². The Kier molecular flexibility index (Phi) is 3.14. The first-order valence-electron chi connectivity index (χ1n) is 3.97. The van der Waals surface area contributed by atoms with Crippen LogP contribution >= 0.6 is 12.4 Å². The van der Waals surface area contributed by atoms with E-state index in [9.17, 15) is 14.4 Å². The van der Waals surface area contributed by atoms with Gasteiger partial charge >= 0.3 is 5.97 Å². The van der Waals surface area contributed by atoms with Crippen molar-refractivity contribution >= 4 is 30.2 Å². The molecule has 0 radical (unpaired) electrons. The molecule has 2 rings (SSSR count). The quantitative estimate of drug-likeness (QED) is 0.805. The van der Waals surface area contributed by atoms with Crippen molar-refractivity contribution in [2.24, 2.45) is 10.2 Å². The number of rotatable bonds is 1. The van der Waals surface area contributed by atoms with Gasteiger partial charge in [-0.3, -0.25) is 9.59 Å². The van der Waals surface area contributed by atoms with Crippen LogP contribution in [0.2, 0.25) is 0 Å². The summed E-state index contributed by atoms with van der Waals surface area (Å²) >= 11 is 0. The van der Waals surface area contributed by atoms with E-state index in [0.29, 0.717) is 0 Å². The van der Waals surface area contributed by atoms with Gasteiger partial charge in [0.2, 0.25) is 0 Å². The van der Waals surface area contributed by atoms with Gasteiger partial charge in [-0.1, -0.05) is 0 Å². The minimum atomic E-state index is -1.17. The summed E-state index contributed by atoms with van der Waals surface area (Å²) in [5.41, 5.74) is 0.00176. The van der Waals surface area contributed by atoms with Crippen LogP contribution in [0.4, 0.5) is 0 Å². The number of carbonyl (C=O) groups excluding carboxylic acids is 2. The van der Waals surface area contributed by atoms with Crippen LogP contribution in [0, 0.1) is 0 Å². The molecule has 1 aromatic carbocycles. The van der Waals surface area contributed by atoms with Crippen molar-refractivity contribution < 1.29 is 19.5 Å². The van der Waals surface area contributed by atoms with Crippen LogP contribution in [0.5, 0.6) is 0 Å². The van der Waals surface area contributed by atoms with Gasteiger partial charge in [0, 0.05) is 0 Å². The number of amides is 2. The second-order valence-corrected chi connectivity index (χ2v) is 2.88. The molecule has 16 heavy (non-hydrogen) atoms. The lowest BCUT2D eigenvalue weighted by molar-refractivity contribution is 0.0696. The van der Waals surface area contributed by atoms with Crippen LogP contribution in [0.3, 0.4) is 0 Å². The van der Waals surface area contributed by atoms with Crippen LogP contribution in [0.25, 0.3) is 0 Å². The van der Waals surface area contributed by atoms with Gasteiger partial charge < -0.3 is 5.11 Å². The van der Waals surface area contributed by atoms with Gasteiger partial charge in [0.25, 0.3) is 11.8 Å². The number of hydrogen-bond acceptors (Lipinski definition) is 3. The highest BCUT2D eigenvalue weighted by Crippen LogP contribution is 2.18. The molecule has 2 amide bonds. The molecule has 0 aliphatic carbocycles. The van der Waals surface area contributed by atoms with Crippen LogP contribution in [-0.2, 0) is 0 Å². The first-order chi connectivity index (χ1) is 7.09. The Bertz CT molecular complexity index is 524. The smallest absolute Gasteiger partial charge is 0.335 e. The van der Waals surface area contributed by atoms with Crippen molar-refractivity contribution in [1.82, 2.24) is 0 Å². The second kappa shape index (κ2) is 4.19. The van der Waals surface area contributed by atoms with Gasteiger partial charge in [0.15, 0.2) is 0 Å². The lowest BCUT2D eigenvalue weighted by Gasteiger charge is -2.06. The van der Waals surface area contributed by atoms with Crippen molar-refractivity contribution in [2.75, 3.05) is 0 Å². The van der Waals surface area contributed by atoms with Crippen molar-refractivity contribution in [3.05, 3.63) is 34.9 Å². The molecular weight excluding hydrogens is 236 g/mol. The van der Waals surface area contributed by atoms with Crippen LogP contribution in [0.15, 0.2) is 28.4 Å². The Hall–Kier alpha value is -2.08. The summed E-state index contributed by atoms with van der Waals surface area (Å²) in [4.78, 5) is 33.0. The molecule has 7 heteroatoms. The number of fused-ring (bicyclic) bond motifs is 1. The summed E-state index contributed by atoms with van der Waals surface area (Å²) in [5.74, 6) is -2.50. The number of carboxylic acid groups (broad SMARTS) is 1. The summed E-state index contributed by atoms with van der Waals surface area (Å²) < 4.78 is 0.